The molecule has 0 N–H and O–H groups in total. The van der Waals surface area contributed by atoms with Crippen molar-refractivity contribution in [1.82, 2.24) is 9.80 Å². The fraction of sp³-hybridized carbons (Fsp3) is 0.783. The molecule has 10 nitrogen and oxygen atoms in total. The minimum Gasteiger partial charge on any atom is -0.459 e. The minimum atomic E-state index is -1.63. The summed E-state index contributed by atoms with van der Waals surface area (Å²) >= 11 is 0. The van der Waals surface area contributed by atoms with E-state index in [1.54, 1.807) is 62.3 Å². The molecule has 1 rings (SSSR count). The molecule has 10 heteroatoms. The van der Waals surface area contributed by atoms with E-state index in [0.717, 1.165) is 4.90 Å². The van der Waals surface area contributed by atoms with Gasteiger partial charge < -0.3 is 19.1 Å². The van der Waals surface area contributed by atoms with E-state index in [1.807, 2.05) is 0 Å². The summed E-state index contributed by atoms with van der Waals surface area (Å²) in [4.78, 5) is 66.7. The Kier molecular flexibility index (Phi) is 8.33. The Labute approximate surface area is 195 Å². The van der Waals surface area contributed by atoms with Crippen LogP contribution in [0.1, 0.15) is 69.2 Å². The molecule has 0 unspecified atom stereocenters. The van der Waals surface area contributed by atoms with E-state index in [4.69, 9.17) is 14.2 Å². The number of urea groups is 1. The number of likely N-dealkylation sites (N-methyl/N-ethyl adjacent to an activating group) is 1. The Morgan fingerprint density at radius 2 is 1.21 bits per heavy atom. The molecule has 3 amide bonds. The fourth-order valence-electron chi connectivity index (χ4n) is 3.13. The van der Waals surface area contributed by atoms with Crippen LogP contribution in [0.2, 0.25) is 0 Å². The second-order valence-electron chi connectivity index (χ2n) is 11.3. The van der Waals surface area contributed by atoms with E-state index < -0.39 is 64.5 Å². The molecular formula is C23H38N2O8. The zero-order valence-electron chi connectivity index (χ0n) is 21.6. The molecule has 1 fully saturated rings. The average molecular weight is 471 g/mol. The molecule has 0 aromatic rings. The number of carbonyl (C=O) groups is 5. The van der Waals surface area contributed by atoms with Crippen LogP contribution in [0.5, 0.6) is 0 Å². The number of amides is 3. The van der Waals surface area contributed by atoms with Crippen molar-refractivity contribution in [2.45, 2.75) is 92.1 Å². The summed E-state index contributed by atoms with van der Waals surface area (Å²) in [5.41, 5.74) is -2.69. The number of rotatable bonds is 5. The van der Waals surface area contributed by atoms with Gasteiger partial charge >= 0.3 is 23.9 Å². The van der Waals surface area contributed by atoms with Crippen LogP contribution in [0, 0.1) is 11.8 Å². The van der Waals surface area contributed by atoms with Gasteiger partial charge in [-0.15, -0.1) is 0 Å². The van der Waals surface area contributed by atoms with E-state index in [1.165, 1.54) is 18.9 Å². The minimum absolute atomic E-state index is 0.0737. The molecule has 2 atom stereocenters. The van der Waals surface area contributed by atoms with Crippen molar-refractivity contribution in [1.29, 1.82) is 0 Å². The van der Waals surface area contributed by atoms with E-state index in [-0.39, 0.29) is 6.54 Å². The van der Waals surface area contributed by atoms with Crippen LogP contribution in [-0.4, -0.2) is 76.1 Å². The first-order valence-electron chi connectivity index (χ1n) is 10.9. The van der Waals surface area contributed by atoms with Crippen molar-refractivity contribution < 1.29 is 38.2 Å². The van der Waals surface area contributed by atoms with Crippen molar-refractivity contribution >= 4 is 29.8 Å². The third-order valence-electron chi connectivity index (χ3n) is 4.42. The second-order valence-corrected chi connectivity index (χ2v) is 11.3. The highest BCUT2D eigenvalue weighted by molar-refractivity contribution is 6.06. The molecule has 0 aliphatic carbocycles. The van der Waals surface area contributed by atoms with E-state index in [2.05, 4.69) is 0 Å². The molecule has 0 bridgehead atoms. The van der Waals surface area contributed by atoms with Gasteiger partial charge in [-0.3, -0.25) is 14.4 Å². The first-order chi connectivity index (χ1) is 14.6. The quantitative estimate of drug-likeness (QED) is 0.342. The Balaban J connectivity index is 3.33. The van der Waals surface area contributed by atoms with Gasteiger partial charge in [0.1, 0.15) is 16.8 Å². The molecule has 0 aromatic carbocycles. The molecule has 1 aliphatic rings. The normalized spacial score (nSPS) is 18.3. The highest BCUT2D eigenvalue weighted by Gasteiger charge is 2.50. The van der Waals surface area contributed by atoms with Gasteiger partial charge in [0.2, 0.25) is 5.91 Å². The van der Waals surface area contributed by atoms with Crippen LogP contribution in [0.15, 0.2) is 0 Å². The number of nitrogens with zero attached hydrogens (tertiary/aromatic N) is 2. The topological polar surface area (TPSA) is 120 Å². The maximum atomic E-state index is 13.4. The summed E-state index contributed by atoms with van der Waals surface area (Å²) < 4.78 is 16.1. The van der Waals surface area contributed by atoms with E-state index in [9.17, 15) is 24.0 Å². The lowest BCUT2D eigenvalue weighted by molar-refractivity contribution is -0.179. The van der Waals surface area contributed by atoms with Crippen LogP contribution < -0.4 is 0 Å². The molecule has 0 saturated carbocycles. The zero-order valence-corrected chi connectivity index (χ0v) is 21.6. The molecular weight excluding hydrogens is 432 g/mol. The Hall–Kier alpha value is -2.65. The molecule has 1 aliphatic heterocycles. The smallest absolute Gasteiger partial charge is 0.331 e. The Morgan fingerprint density at radius 1 is 0.818 bits per heavy atom. The number of carbonyl (C=O) groups excluding carboxylic acids is 5. The summed E-state index contributed by atoms with van der Waals surface area (Å²) in [6.07, 6.45) is 0. The van der Waals surface area contributed by atoms with Gasteiger partial charge in [-0.1, -0.05) is 6.92 Å². The molecule has 1 saturated heterocycles. The number of ether oxygens (including phenoxy) is 3. The number of esters is 3. The monoisotopic (exact) mass is 470 g/mol. The van der Waals surface area contributed by atoms with Crippen LogP contribution in [0.4, 0.5) is 4.79 Å². The van der Waals surface area contributed by atoms with Crippen LogP contribution in [0.3, 0.4) is 0 Å². The first-order valence-corrected chi connectivity index (χ1v) is 10.9. The van der Waals surface area contributed by atoms with Gasteiger partial charge in [0.25, 0.3) is 0 Å². The number of imide groups is 1. The summed E-state index contributed by atoms with van der Waals surface area (Å²) in [6, 6.07) is -1.94. The summed E-state index contributed by atoms with van der Waals surface area (Å²) in [5, 5.41) is 0. The Morgan fingerprint density at radius 3 is 1.58 bits per heavy atom. The third-order valence-corrected chi connectivity index (χ3v) is 4.42. The first kappa shape index (κ1) is 28.4. The van der Waals surface area contributed by atoms with E-state index >= 15 is 0 Å². The molecule has 0 radical (unpaired) electrons. The van der Waals surface area contributed by atoms with Gasteiger partial charge in [0, 0.05) is 7.05 Å². The predicted molar refractivity (Wildman–Crippen MR) is 119 cm³/mol. The lowest BCUT2D eigenvalue weighted by atomic mass is 9.91. The van der Waals surface area contributed by atoms with Crippen molar-refractivity contribution in [2.24, 2.45) is 11.8 Å². The molecule has 1 heterocycles. The van der Waals surface area contributed by atoms with Crippen LogP contribution in [-0.2, 0) is 33.4 Å². The molecule has 33 heavy (non-hydrogen) atoms. The lowest BCUT2D eigenvalue weighted by Gasteiger charge is -2.31. The summed E-state index contributed by atoms with van der Waals surface area (Å²) in [7, 11) is 1.44. The SMILES string of the molecule is C[C@H](C(=O)N1C(=O)N(C)C[C@H]1C(=O)OC(C)(C)C)C(C(=O)OC(C)(C)C)C(=O)OC(C)(C)C. The van der Waals surface area contributed by atoms with Crippen molar-refractivity contribution in [3.63, 3.8) is 0 Å². The van der Waals surface area contributed by atoms with E-state index in [0.29, 0.717) is 0 Å². The van der Waals surface area contributed by atoms with Crippen molar-refractivity contribution in [3.8, 4) is 0 Å². The molecule has 0 aromatic heterocycles. The van der Waals surface area contributed by atoms with Gasteiger partial charge in [0.05, 0.1) is 12.5 Å². The predicted octanol–water partition coefficient (Wildman–Crippen LogP) is 2.53. The van der Waals surface area contributed by atoms with Crippen molar-refractivity contribution in [3.05, 3.63) is 0 Å². The molecule has 188 valence electrons. The largest absolute Gasteiger partial charge is 0.459 e. The number of hydrogen-bond acceptors (Lipinski definition) is 8. The Bertz CT molecular complexity index is 773. The highest BCUT2D eigenvalue weighted by atomic mass is 16.6. The molecule has 0 spiro atoms. The lowest BCUT2D eigenvalue weighted by Crippen LogP contribution is -2.51. The number of hydrogen-bond donors (Lipinski definition) is 0. The fourth-order valence-corrected chi connectivity index (χ4v) is 3.13. The standard InChI is InChI=1S/C23H38N2O8/c1-13(15(18(28)32-22(5,6)7)19(29)33-23(8,9)10)16(26)25-14(12-24(11)20(25)30)17(27)31-21(2,3)4/h13-15H,12H2,1-11H3/t13-,14-/m0/s1. The maximum Gasteiger partial charge on any atom is 0.331 e. The zero-order chi connectivity index (χ0) is 26.1. The van der Waals surface area contributed by atoms with Gasteiger partial charge in [-0.05, 0) is 62.3 Å². The van der Waals surface area contributed by atoms with Gasteiger partial charge in [0.15, 0.2) is 12.0 Å². The maximum absolute atomic E-state index is 13.4. The van der Waals surface area contributed by atoms with Crippen LogP contribution >= 0.6 is 0 Å². The van der Waals surface area contributed by atoms with Gasteiger partial charge in [-0.25, -0.2) is 14.5 Å². The van der Waals surface area contributed by atoms with Crippen molar-refractivity contribution in [2.75, 3.05) is 13.6 Å². The summed E-state index contributed by atoms with van der Waals surface area (Å²) in [6.45, 7) is 16.0. The third kappa shape index (κ3) is 8.01. The van der Waals surface area contributed by atoms with Crippen LogP contribution in [0.25, 0.3) is 0 Å². The highest BCUT2D eigenvalue weighted by Crippen LogP contribution is 2.27. The average Bonchev–Trinajstić information content (AvgIpc) is 2.84. The van der Waals surface area contributed by atoms with Gasteiger partial charge in [-0.2, -0.15) is 0 Å². The second kappa shape index (κ2) is 9.69. The summed E-state index contributed by atoms with van der Waals surface area (Å²) in [5.74, 6) is -6.50.